The minimum absolute atomic E-state index is 0.209. The lowest BCUT2D eigenvalue weighted by atomic mass is 10.0. The van der Waals surface area contributed by atoms with Crippen LogP contribution in [0.5, 0.6) is 0 Å². The molecular formula is C14H18Cl3NO. The van der Waals surface area contributed by atoms with Crippen LogP contribution < -0.4 is 0 Å². The summed E-state index contributed by atoms with van der Waals surface area (Å²) in [7, 11) is 0. The standard InChI is InChI=1S/C14H18Cl3NO/c1-5-6-11(17)12(9(4)16)13-10(7-15)14(8(2)3)19-18-13/h6,8H,5,7H2,1-4H3/b11-6+,12-9-. The molecule has 1 heterocycles. The Morgan fingerprint density at radius 3 is 2.42 bits per heavy atom. The molecule has 1 aromatic heterocycles. The van der Waals surface area contributed by atoms with Crippen LogP contribution in [-0.4, -0.2) is 5.16 Å². The highest BCUT2D eigenvalue weighted by molar-refractivity contribution is 6.41. The lowest BCUT2D eigenvalue weighted by Crippen LogP contribution is -1.95. The molecule has 1 rings (SSSR count). The number of halogens is 3. The highest BCUT2D eigenvalue weighted by Crippen LogP contribution is 2.36. The second-order valence-electron chi connectivity index (χ2n) is 4.53. The predicted octanol–water partition coefficient (Wildman–Crippen LogP) is 6.04. The summed E-state index contributed by atoms with van der Waals surface area (Å²) < 4.78 is 5.39. The van der Waals surface area contributed by atoms with Gasteiger partial charge >= 0.3 is 0 Å². The Morgan fingerprint density at radius 1 is 1.37 bits per heavy atom. The van der Waals surface area contributed by atoms with Gasteiger partial charge in [0.25, 0.3) is 0 Å². The molecule has 0 unspecified atom stereocenters. The lowest BCUT2D eigenvalue weighted by Gasteiger charge is -2.07. The molecule has 0 radical (unpaired) electrons. The molecule has 1 aromatic rings. The predicted molar refractivity (Wildman–Crippen MR) is 82.8 cm³/mol. The van der Waals surface area contributed by atoms with Crippen molar-refractivity contribution in [2.75, 3.05) is 0 Å². The fourth-order valence-corrected chi connectivity index (χ4v) is 2.71. The van der Waals surface area contributed by atoms with Gasteiger partial charge in [0, 0.05) is 27.1 Å². The number of rotatable bonds is 5. The van der Waals surface area contributed by atoms with Crippen LogP contribution in [0.25, 0.3) is 5.57 Å². The van der Waals surface area contributed by atoms with Crippen LogP contribution >= 0.6 is 34.8 Å². The zero-order chi connectivity index (χ0) is 14.6. The number of allylic oxidation sites excluding steroid dienone is 4. The van der Waals surface area contributed by atoms with Crippen LogP contribution in [0.15, 0.2) is 20.7 Å². The average molecular weight is 323 g/mol. The molecule has 0 amide bonds. The van der Waals surface area contributed by atoms with E-state index in [9.17, 15) is 0 Å². The molecule has 0 bridgehead atoms. The monoisotopic (exact) mass is 321 g/mol. The van der Waals surface area contributed by atoms with Gasteiger partial charge in [-0.3, -0.25) is 0 Å². The Balaban J connectivity index is 3.42. The van der Waals surface area contributed by atoms with Gasteiger partial charge in [0.05, 0.1) is 5.88 Å². The summed E-state index contributed by atoms with van der Waals surface area (Å²) in [6, 6.07) is 0. The largest absolute Gasteiger partial charge is 0.360 e. The molecule has 0 fully saturated rings. The highest BCUT2D eigenvalue weighted by atomic mass is 35.5. The molecule has 0 aliphatic heterocycles. The minimum atomic E-state index is 0.209. The SMILES string of the molecule is CC/C=C(Cl)\C(=C(/C)Cl)c1noc(C(C)C)c1CCl. The first-order valence-corrected chi connectivity index (χ1v) is 7.50. The summed E-state index contributed by atoms with van der Waals surface area (Å²) >= 11 is 18.5. The van der Waals surface area contributed by atoms with Crippen molar-refractivity contribution in [1.29, 1.82) is 0 Å². The first-order chi connectivity index (χ1) is 8.93. The van der Waals surface area contributed by atoms with Gasteiger partial charge in [-0.25, -0.2) is 0 Å². The van der Waals surface area contributed by atoms with Crippen LogP contribution in [0.3, 0.4) is 0 Å². The number of hydrogen-bond acceptors (Lipinski definition) is 2. The molecule has 106 valence electrons. The Morgan fingerprint density at radius 2 is 2.00 bits per heavy atom. The zero-order valence-corrected chi connectivity index (χ0v) is 13.8. The maximum Gasteiger partial charge on any atom is 0.144 e. The van der Waals surface area contributed by atoms with E-state index < -0.39 is 0 Å². The van der Waals surface area contributed by atoms with Gasteiger partial charge < -0.3 is 4.52 Å². The molecular weight excluding hydrogens is 305 g/mol. The van der Waals surface area contributed by atoms with Crippen molar-refractivity contribution in [1.82, 2.24) is 5.16 Å². The van der Waals surface area contributed by atoms with Crippen molar-refractivity contribution in [3.63, 3.8) is 0 Å². The summed E-state index contributed by atoms with van der Waals surface area (Å²) in [6.45, 7) is 7.85. The van der Waals surface area contributed by atoms with Gasteiger partial charge in [-0.1, -0.05) is 55.2 Å². The average Bonchev–Trinajstić information content (AvgIpc) is 2.72. The second-order valence-corrected chi connectivity index (χ2v) is 5.77. The minimum Gasteiger partial charge on any atom is -0.360 e. The number of alkyl halides is 1. The van der Waals surface area contributed by atoms with Crippen LogP contribution in [0.1, 0.15) is 57.1 Å². The van der Waals surface area contributed by atoms with Crippen molar-refractivity contribution in [2.24, 2.45) is 0 Å². The molecule has 0 aromatic carbocycles. The third-order valence-corrected chi connectivity index (χ3v) is 3.48. The summed E-state index contributed by atoms with van der Waals surface area (Å²) in [6.07, 6.45) is 2.71. The molecule has 0 spiro atoms. The highest BCUT2D eigenvalue weighted by Gasteiger charge is 2.23. The molecule has 5 heteroatoms. The third-order valence-electron chi connectivity index (χ3n) is 2.68. The Labute approximate surface area is 129 Å². The van der Waals surface area contributed by atoms with E-state index in [1.807, 2.05) is 26.8 Å². The van der Waals surface area contributed by atoms with Crippen molar-refractivity contribution >= 4 is 40.4 Å². The molecule has 0 saturated carbocycles. The molecule has 0 N–H and O–H groups in total. The Hall–Kier alpha value is -0.440. The lowest BCUT2D eigenvalue weighted by molar-refractivity contribution is 0.368. The van der Waals surface area contributed by atoms with E-state index in [1.165, 1.54) is 0 Å². The molecule has 2 nitrogen and oxygen atoms in total. The first kappa shape index (κ1) is 16.6. The van der Waals surface area contributed by atoms with Gasteiger partial charge in [-0.15, -0.1) is 11.6 Å². The number of hydrogen-bond donors (Lipinski definition) is 0. The number of aromatic nitrogens is 1. The van der Waals surface area contributed by atoms with Crippen molar-refractivity contribution < 1.29 is 4.52 Å². The van der Waals surface area contributed by atoms with Crippen LogP contribution in [0.2, 0.25) is 0 Å². The van der Waals surface area contributed by atoms with Gasteiger partial charge in [0.15, 0.2) is 0 Å². The fourth-order valence-electron chi connectivity index (χ4n) is 1.82. The molecule has 0 aliphatic carbocycles. The normalized spacial score (nSPS) is 14.0. The number of nitrogens with zero attached hydrogens (tertiary/aromatic N) is 1. The van der Waals surface area contributed by atoms with E-state index in [1.54, 1.807) is 6.92 Å². The van der Waals surface area contributed by atoms with Gasteiger partial charge in [0.1, 0.15) is 11.5 Å². The van der Waals surface area contributed by atoms with Crippen molar-refractivity contribution in [2.45, 2.75) is 45.9 Å². The van der Waals surface area contributed by atoms with E-state index in [0.29, 0.717) is 27.2 Å². The van der Waals surface area contributed by atoms with Crippen molar-refractivity contribution in [3.8, 4) is 0 Å². The zero-order valence-electron chi connectivity index (χ0n) is 11.6. The van der Waals surface area contributed by atoms with E-state index >= 15 is 0 Å². The van der Waals surface area contributed by atoms with Gasteiger partial charge in [-0.05, 0) is 13.3 Å². The van der Waals surface area contributed by atoms with Crippen LogP contribution in [-0.2, 0) is 5.88 Å². The van der Waals surface area contributed by atoms with Gasteiger partial charge in [-0.2, -0.15) is 0 Å². The smallest absolute Gasteiger partial charge is 0.144 e. The topological polar surface area (TPSA) is 26.0 Å². The summed E-state index contributed by atoms with van der Waals surface area (Å²) in [5, 5.41) is 5.25. The van der Waals surface area contributed by atoms with Gasteiger partial charge in [0.2, 0.25) is 0 Å². The maximum atomic E-state index is 6.29. The third kappa shape index (κ3) is 3.77. The summed E-state index contributed by atoms with van der Waals surface area (Å²) in [4.78, 5) is 0. The van der Waals surface area contributed by atoms with E-state index in [0.717, 1.165) is 17.7 Å². The fraction of sp³-hybridized carbons (Fsp3) is 0.500. The summed E-state index contributed by atoms with van der Waals surface area (Å²) in [5.74, 6) is 1.30. The Kier molecular flexibility index (Phi) is 6.45. The second kappa shape index (κ2) is 7.37. The maximum absolute atomic E-state index is 6.29. The van der Waals surface area contributed by atoms with E-state index in [2.05, 4.69) is 5.16 Å². The van der Waals surface area contributed by atoms with Crippen molar-refractivity contribution in [3.05, 3.63) is 33.2 Å². The van der Waals surface area contributed by atoms with Crippen LogP contribution in [0, 0.1) is 0 Å². The quantitative estimate of drug-likeness (QED) is 0.488. The van der Waals surface area contributed by atoms with E-state index in [4.69, 9.17) is 39.3 Å². The first-order valence-electron chi connectivity index (χ1n) is 6.21. The Bertz CT molecular complexity index is 497. The van der Waals surface area contributed by atoms with E-state index in [-0.39, 0.29) is 5.92 Å². The molecule has 0 aliphatic rings. The summed E-state index contributed by atoms with van der Waals surface area (Å²) in [5.41, 5.74) is 2.19. The molecule has 19 heavy (non-hydrogen) atoms. The van der Waals surface area contributed by atoms with Crippen LogP contribution in [0.4, 0.5) is 0 Å². The molecule has 0 atom stereocenters. The molecule has 0 saturated heterocycles.